The van der Waals surface area contributed by atoms with E-state index in [4.69, 9.17) is 9.57 Å². The second kappa shape index (κ2) is 8.26. The van der Waals surface area contributed by atoms with Crippen LogP contribution >= 0.6 is 0 Å². The Balaban J connectivity index is 2.61. The van der Waals surface area contributed by atoms with Crippen molar-refractivity contribution < 1.29 is 14.4 Å². The third-order valence-corrected chi connectivity index (χ3v) is 2.50. The largest absolute Gasteiger partial charge is 0.492 e. The fourth-order valence-corrected chi connectivity index (χ4v) is 1.30. The molecule has 5 heteroatoms. The van der Waals surface area contributed by atoms with Crippen LogP contribution in [0.1, 0.15) is 25.3 Å². The Hall–Kier alpha value is -1.88. The number of ether oxygens (including phenoxy) is 1. The van der Waals surface area contributed by atoms with Gasteiger partial charge in [-0.1, -0.05) is 13.3 Å². The monoisotopic (exact) mass is 264 g/mol. The number of unbranched alkanes of at least 4 members (excludes halogenated alkanes) is 1. The molecule has 0 N–H and O–H groups in total. The van der Waals surface area contributed by atoms with Crippen LogP contribution < -0.4 is 4.74 Å². The Morgan fingerprint density at radius 1 is 1.47 bits per heavy atom. The van der Waals surface area contributed by atoms with Gasteiger partial charge in [-0.2, -0.15) is 0 Å². The summed E-state index contributed by atoms with van der Waals surface area (Å²) < 4.78 is 5.55. The molecular weight excluding hydrogens is 244 g/mol. The lowest BCUT2D eigenvalue weighted by atomic mass is 10.2. The minimum Gasteiger partial charge on any atom is -0.492 e. The maximum atomic E-state index is 11.5. The van der Waals surface area contributed by atoms with Crippen molar-refractivity contribution >= 4 is 12.0 Å². The van der Waals surface area contributed by atoms with Crippen molar-refractivity contribution in [3.8, 4) is 5.75 Å². The van der Waals surface area contributed by atoms with E-state index < -0.39 is 0 Å². The van der Waals surface area contributed by atoms with E-state index in [2.05, 4.69) is 11.9 Å². The lowest BCUT2D eigenvalue weighted by Crippen LogP contribution is -2.22. The first kappa shape index (κ1) is 15.2. The number of pyridine rings is 1. The van der Waals surface area contributed by atoms with E-state index in [1.165, 1.54) is 13.2 Å². The highest BCUT2D eigenvalue weighted by molar-refractivity contribution is 5.90. The highest BCUT2D eigenvalue weighted by atomic mass is 16.7. The number of hydrogen-bond donors (Lipinski definition) is 0. The standard InChI is InChI=1S/C14H20N2O3/c1-4-5-8-19-13-9-12(10-15-11-13)6-7-14(17)16(2)18-3/h6-7,9-11H,4-5,8H2,1-3H3/b7-6+. The van der Waals surface area contributed by atoms with Crippen molar-refractivity contribution in [1.82, 2.24) is 10.0 Å². The zero-order valence-corrected chi connectivity index (χ0v) is 11.6. The molecule has 5 nitrogen and oxygen atoms in total. The van der Waals surface area contributed by atoms with Gasteiger partial charge in [0.05, 0.1) is 19.9 Å². The van der Waals surface area contributed by atoms with Crippen LogP contribution in [0.3, 0.4) is 0 Å². The minimum absolute atomic E-state index is 0.236. The maximum Gasteiger partial charge on any atom is 0.269 e. The van der Waals surface area contributed by atoms with E-state index >= 15 is 0 Å². The molecule has 0 saturated carbocycles. The number of carbonyl (C=O) groups is 1. The summed E-state index contributed by atoms with van der Waals surface area (Å²) in [5, 5.41) is 1.14. The normalized spacial score (nSPS) is 10.7. The fourth-order valence-electron chi connectivity index (χ4n) is 1.30. The molecule has 0 unspecified atom stereocenters. The summed E-state index contributed by atoms with van der Waals surface area (Å²) in [6.07, 6.45) is 8.54. The van der Waals surface area contributed by atoms with Crippen LogP contribution in [0, 0.1) is 0 Å². The second-order valence-electron chi connectivity index (χ2n) is 4.01. The quantitative estimate of drug-likeness (QED) is 0.431. The predicted molar refractivity (Wildman–Crippen MR) is 73.5 cm³/mol. The van der Waals surface area contributed by atoms with Gasteiger partial charge in [-0.3, -0.25) is 14.6 Å². The third-order valence-electron chi connectivity index (χ3n) is 2.50. The van der Waals surface area contributed by atoms with Crippen LogP contribution in [0.25, 0.3) is 6.08 Å². The van der Waals surface area contributed by atoms with Crippen molar-refractivity contribution in [3.63, 3.8) is 0 Å². The summed E-state index contributed by atoms with van der Waals surface area (Å²) in [4.78, 5) is 20.4. The Bertz CT molecular complexity index is 432. The maximum absolute atomic E-state index is 11.5. The molecule has 0 spiro atoms. The van der Waals surface area contributed by atoms with Crippen LogP contribution in [0.4, 0.5) is 0 Å². The molecule has 0 bridgehead atoms. The van der Waals surface area contributed by atoms with Crippen molar-refractivity contribution in [2.45, 2.75) is 19.8 Å². The average Bonchev–Trinajstić information content (AvgIpc) is 2.44. The summed E-state index contributed by atoms with van der Waals surface area (Å²) in [5.41, 5.74) is 0.812. The summed E-state index contributed by atoms with van der Waals surface area (Å²) in [5.74, 6) is 0.475. The molecule has 1 rings (SSSR count). The van der Waals surface area contributed by atoms with E-state index in [1.807, 2.05) is 6.07 Å². The Kier molecular flexibility index (Phi) is 6.60. The second-order valence-corrected chi connectivity index (χ2v) is 4.01. The Labute approximate surface area is 113 Å². The van der Waals surface area contributed by atoms with Gasteiger partial charge in [-0.15, -0.1) is 0 Å². The molecule has 1 aromatic heterocycles. The molecule has 0 aromatic carbocycles. The van der Waals surface area contributed by atoms with Gasteiger partial charge in [0.25, 0.3) is 5.91 Å². The zero-order valence-electron chi connectivity index (χ0n) is 11.6. The van der Waals surface area contributed by atoms with Crippen molar-refractivity contribution in [2.24, 2.45) is 0 Å². The number of likely N-dealkylation sites (N-methyl/N-ethyl adjacent to an activating group) is 1. The van der Waals surface area contributed by atoms with Gasteiger partial charge in [0.2, 0.25) is 0 Å². The van der Waals surface area contributed by atoms with Gasteiger partial charge in [0.15, 0.2) is 0 Å². The summed E-state index contributed by atoms with van der Waals surface area (Å²) in [7, 11) is 2.99. The summed E-state index contributed by atoms with van der Waals surface area (Å²) >= 11 is 0. The van der Waals surface area contributed by atoms with Crippen LogP contribution in [-0.4, -0.2) is 36.7 Å². The van der Waals surface area contributed by atoms with E-state index in [9.17, 15) is 4.79 Å². The van der Waals surface area contributed by atoms with Crippen molar-refractivity contribution in [3.05, 3.63) is 30.1 Å². The highest BCUT2D eigenvalue weighted by Crippen LogP contribution is 2.13. The zero-order chi connectivity index (χ0) is 14.1. The molecule has 1 heterocycles. The lowest BCUT2D eigenvalue weighted by Gasteiger charge is -2.10. The highest BCUT2D eigenvalue weighted by Gasteiger charge is 2.02. The molecule has 1 amide bonds. The molecule has 0 aliphatic carbocycles. The van der Waals surface area contributed by atoms with E-state index in [0.717, 1.165) is 23.5 Å². The fraction of sp³-hybridized carbons (Fsp3) is 0.429. The van der Waals surface area contributed by atoms with Gasteiger partial charge < -0.3 is 4.74 Å². The first-order chi connectivity index (χ1) is 9.17. The topological polar surface area (TPSA) is 51.7 Å². The molecule has 0 aliphatic heterocycles. The predicted octanol–water partition coefficient (Wildman–Crippen LogP) is 2.29. The molecule has 1 aromatic rings. The van der Waals surface area contributed by atoms with Crippen molar-refractivity contribution in [2.75, 3.05) is 20.8 Å². The van der Waals surface area contributed by atoms with E-state index in [1.54, 1.807) is 25.5 Å². The summed E-state index contributed by atoms with van der Waals surface area (Å²) in [6, 6.07) is 1.85. The van der Waals surface area contributed by atoms with Gasteiger partial charge in [-0.25, -0.2) is 5.06 Å². The number of hydrogen-bond acceptors (Lipinski definition) is 4. The lowest BCUT2D eigenvalue weighted by molar-refractivity contribution is -0.162. The van der Waals surface area contributed by atoms with Crippen molar-refractivity contribution in [1.29, 1.82) is 0 Å². The number of rotatable bonds is 7. The third kappa shape index (κ3) is 5.52. The molecule has 0 radical (unpaired) electrons. The summed E-state index contributed by atoms with van der Waals surface area (Å²) in [6.45, 7) is 2.79. The van der Waals surface area contributed by atoms with Gasteiger partial charge in [-0.05, 0) is 24.1 Å². The van der Waals surface area contributed by atoms with Crippen LogP contribution in [0.2, 0.25) is 0 Å². The first-order valence-corrected chi connectivity index (χ1v) is 6.25. The SMILES string of the molecule is CCCCOc1cncc(/C=C/C(=O)N(C)OC)c1. The van der Waals surface area contributed by atoms with E-state index in [0.29, 0.717) is 12.4 Å². The molecule has 19 heavy (non-hydrogen) atoms. The molecule has 0 atom stereocenters. The molecule has 0 saturated heterocycles. The van der Waals surface area contributed by atoms with Gasteiger partial charge in [0, 0.05) is 19.3 Å². The number of hydroxylamine groups is 2. The number of carbonyl (C=O) groups excluding carboxylic acids is 1. The van der Waals surface area contributed by atoms with Crippen LogP contribution in [0.5, 0.6) is 5.75 Å². The average molecular weight is 264 g/mol. The Morgan fingerprint density at radius 2 is 2.26 bits per heavy atom. The van der Waals surface area contributed by atoms with Gasteiger partial charge >= 0.3 is 0 Å². The molecule has 104 valence electrons. The van der Waals surface area contributed by atoms with Crippen LogP contribution in [0.15, 0.2) is 24.5 Å². The molecule has 0 fully saturated rings. The van der Waals surface area contributed by atoms with Gasteiger partial charge in [0.1, 0.15) is 5.75 Å². The number of aromatic nitrogens is 1. The number of amides is 1. The molecule has 0 aliphatic rings. The van der Waals surface area contributed by atoms with E-state index in [-0.39, 0.29) is 5.91 Å². The Morgan fingerprint density at radius 3 is 2.95 bits per heavy atom. The minimum atomic E-state index is -0.236. The number of nitrogens with zero attached hydrogens (tertiary/aromatic N) is 2. The smallest absolute Gasteiger partial charge is 0.269 e. The first-order valence-electron chi connectivity index (χ1n) is 6.25. The molecular formula is C14H20N2O3. The van der Waals surface area contributed by atoms with Crippen LogP contribution in [-0.2, 0) is 9.63 Å².